The molecule has 2 rings (SSSR count). The summed E-state index contributed by atoms with van der Waals surface area (Å²) in [6.45, 7) is 15.2. The molecule has 0 aliphatic heterocycles. The molecule has 8 heteroatoms. The zero-order valence-corrected chi connectivity index (χ0v) is 26.8. The van der Waals surface area contributed by atoms with Crippen molar-refractivity contribution in [3.05, 3.63) is 34.9 Å². The van der Waals surface area contributed by atoms with Crippen LogP contribution in [-0.2, 0) is 24.0 Å². The van der Waals surface area contributed by atoms with Crippen molar-refractivity contribution in [3.8, 4) is 0 Å². The normalized spacial score (nSPS) is 17.0. The molecule has 0 heterocycles. The van der Waals surface area contributed by atoms with Gasteiger partial charge in [0.15, 0.2) is 5.78 Å². The van der Waals surface area contributed by atoms with Gasteiger partial charge < -0.3 is 16.0 Å². The minimum atomic E-state index is -0.718. The van der Waals surface area contributed by atoms with Gasteiger partial charge in [0.2, 0.25) is 17.7 Å². The van der Waals surface area contributed by atoms with Crippen LogP contribution in [0.25, 0.3) is 6.08 Å². The van der Waals surface area contributed by atoms with Crippen molar-refractivity contribution in [2.45, 2.75) is 106 Å². The molecule has 1 aliphatic rings. The monoisotopic (exact) mass is 581 g/mol. The molecule has 0 spiro atoms. The number of carbonyl (C=O) groups excluding carboxylic acids is 5. The summed E-state index contributed by atoms with van der Waals surface area (Å²) in [6.07, 6.45) is 6.53. The fraction of sp³-hybridized carbons (Fsp3) is 0.618. The van der Waals surface area contributed by atoms with Gasteiger partial charge in [-0.25, -0.2) is 0 Å². The molecule has 3 amide bonds. The number of allylic oxidation sites excluding steroid dienone is 1. The summed E-state index contributed by atoms with van der Waals surface area (Å²) >= 11 is 0. The maximum absolute atomic E-state index is 13.2. The lowest BCUT2D eigenvalue weighted by Crippen LogP contribution is -2.51. The third-order valence-electron chi connectivity index (χ3n) is 8.23. The van der Waals surface area contributed by atoms with Crippen molar-refractivity contribution in [2.24, 2.45) is 23.7 Å². The topological polar surface area (TPSA) is 121 Å². The number of Topliss-reactive ketones (excluding diaryl/α,β-unsaturated/α-hetero) is 2. The Balaban J connectivity index is 2.06. The van der Waals surface area contributed by atoms with Crippen molar-refractivity contribution in [1.82, 2.24) is 10.6 Å². The van der Waals surface area contributed by atoms with E-state index in [0.29, 0.717) is 24.1 Å². The highest BCUT2D eigenvalue weighted by atomic mass is 16.2. The summed E-state index contributed by atoms with van der Waals surface area (Å²) in [5.41, 5.74) is 3.07. The second-order valence-electron chi connectivity index (χ2n) is 12.5. The van der Waals surface area contributed by atoms with E-state index in [9.17, 15) is 24.0 Å². The number of anilines is 1. The summed E-state index contributed by atoms with van der Waals surface area (Å²) in [7, 11) is 0. The van der Waals surface area contributed by atoms with Gasteiger partial charge >= 0.3 is 0 Å². The van der Waals surface area contributed by atoms with Gasteiger partial charge in [0.25, 0.3) is 0 Å². The second-order valence-corrected chi connectivity index (χ2v) is 12.5. The molecule has 1 aromatic carbocycles. The molecular weight excluding hydrogens is 530 g/mol. The van der Waals surface area contributed by atoms with E-state index >= 15 is 0 Å². The lowest BCUT2D eigenvalue weighted by Gasteiger charge is -2.22. The molecule has 4 atom stereocenters. The van der Waals surface area contributed by atoms with Gasteiger partial charge in [0.05, 0.1) is 6.54 Å². The maximum atomic E-state index is 13.2. The fourth-order valence-corrected chi connectivity index (χ4v) is 5.37. The van der Waals surface area contributed by atoms with Crippen LogP contribution in [0.4, 0.5) is 5.69 Å². The van der Waals surface area contributed by atoms with E-state index in [1.807, 2.05) is 66.7 Å². The number of hydrogen-bond donors (Lipinski definition) is 3. The van der Waals surface area contributed by atoms with Crippen LogP contribution in [0.5, 0.6) is 0 Å². The number of hydrogen-bond acceptors (Lipinski definition) is 5. The van der Waals surface area contributed by atoms with Gasteiger partial charge in [0.1, 0.15) is 11.8 Å². The van der Waals surface area contributed by atoms with E-state index in [-0.39, 0.29) is 59.5 Å². The predicted molar refractivity (Wildman–Crippen MR) is 168 cm³/mol. The molecule has 42 heavy (non-hydrogen) atoms. The maximum Gasteiger partial charge on any atom is 0.243 e. The van der Waals surface area contributed by atoms with Crippen LogP contribution in [0, 0.1) is 23.7 Å². The number of benzene rings is 1. The zero-order chi connectivity index (χ0) is 31.6. The smallest absolute Gasteiger partial charge is 0.243 e. The number of nitrogens with one attached hydrogen (secondary N) is 3. The number of carbonyl (C=O) groups is 5. The number of rotatable bonds is 15. The highest BCUT2D eigenvalue weighted by Gasteiger charge is 2.31. The molecule has 4 unspecified atom stereocenters. The summed E-state index contributed by atoms with van der Waals surface area (Å²) in [5, 5.41) is 8.30. The van der Waals surface area contributed by atoms with Crippen molar-refractivity contribution in [2.75, 3.05) is 11.9 Å². The summed E-state index contributed by atoms with van der Waals surface area (Å²) in [4.78, 5) is 63.7. The van der Waals surface area contributed by atoms with E-state index in [0.717, 1.165) is 36.8 Å². The Bertz CT molecular complexity index is 1170. The molecule has 1 aromatic rings. The standard InChI is InChI=1S/C34H51N3O5/c1-9-10-11-12-13-30(39)37-32(20(2)3)34(42)35-19-31(40)36-26-15-14-25-17-28(23(7)24(8)33(41)21(4)5)29(38)16-22(6)27(25)18-26/h14-15,17-18,20-24,32H,9-13,16,19H2,1-8H3,(H,35,42)(H,36,40)(H,37,39). The van der Waals surface area contributed by atoms with Gasteiger partial charge in [0, 0.05) is 30.4 Å². The molecular formula is C34H51N3O5. The molecule has 8 nitrogen and oxygen atoms in total. The lowest BCUT2D eigenvalue weighted by atomic mass is 9.80. The number of fused-ring (bicyclic) bond motifs is 1. The van der Waals surface area contributed by atoms with Gasteiger partial charge in [-0.2, -0.15) is 0 Å². The summed E-state index contributed by atoms with van der Waals surface area (Å²) in [6, 6.07) is 4.81. The summed E-state index contributed by atoms with van der Waals surface area (Å²) in [5.74, 6) is -1.52. The first-order valence-corrected chi connectivity index (χ1v) is 15.6. The zero-order valence-electron chi connectivity index (χ0n) is 26.8. The van der Waals surface area contributed by atoms with Crippen LogP contribution in [0.15, 0.2) is 23.8 Å². The van der Waals surface area contributed by atoms with Gasteiger partial charge in [-0.1, -0.05) is 80.7 Å². The van der Waals surface area contributed by atoms with Crippen molar-refractivity contribution in [3.63, 3.8) is 0 Å². The Morgan fingerprint density at radius 1 is 0.952 bits per heavy atom. The second kappa shape index (κ2) is 16.4. The minimum absolute atomic E-state index is 0.0376. The molecule has 0 fully saturated rings. The third kappa shape index (κ3) is 9.92. The van der Waals surface area contributed by atoms with E-state index < -0.39 is 11.9 Å². The van der Waals surface area contributed by atoms with Crippen LogP contribution in [0.3, 0.4) is 0 Å². The lowest BCUT2D eigenvalue weighted by molar-refractivity contribution is -0.130. The molecule has 0 saturated carbocycles. The van der Waals surface area contributed by atoms with E-state index in [1.165, 1.54) is 0 Å². The average molecular weight is 582 g/mol. The predicted octanol–water partition coefficient (Wildman–Crippen LogP) is 5.81. The Morgan fingerprint density at radius 2 is 1.64 bits per heavy atom. The average Bonchev–Trinajstić information content (AvgIpc) is 3.06. The van der Waals surface area contributed by atoms with Crippen molar-refractivity contribution >= 4 is 41.1 Å². The quantitative estimate of drug-likeness (QED) is 0.226. The Hall–Kier alpha value is -3.29. The minimum Gasteiger partial charge on any atom is -0.345 e. The third-order valence-corrected chi connectivity index (χ3v) is 8.23. The first-order chi connectivity index (χ1) is 19.8. The van der Waals surface area contributed by atoms with Crippen LogP contribution in [0.1, 0.15) is 111 Å². The van der Waals surface area contributed by atoms with Crippen LogP contribution in [-0.4, -0.2) is 41.9 Å². The Labute approximate surface area is 251 Å². The van der Waals surface area contributed by atoms with Crippen molar-refractivity contribution in [1.29, 1.82) is 0 Å². The van der Waals surface area contributed by atoms with Crippen LogP contribution >= 0.6 is 0 Å². The first kappa shape index (κ1) is 34.9. The Kier molecular flexibility index (Phi) is 13.6. The van der Waals surface area contributed by atoms with Crippen LogP contribution in [0.2, 0.25) is 0 Å². The van der Waals surface area contributed by atoms with Gasteiger partial charge in [-0.05, 0) is 59.1 Å². The highest BCUT2D eigenvalue weighted by molar-refractivity contribution is 6.03. The summed E-state index contributed by atoms with van der Waals surface area (Å²) < 4.78 is 0. The van der Waals surface area contributed by atoms with Crippen molar-refractivity contribution < 1.29 is 24.0 Å². The molecule has 1 aliphatic carbocycles. The number of unbranched alkanes of at least 4 members (excludes halogenated alkanes) is 3. The highest BCUT2D eigenvalue weighted by Crippen LogP contribution is 2.36. The largest absolute Gasteiger partial charge is 0.345 e. The number of ketones is 2. The molecule has 0 bridgehead atoms. The van der Waals surface area contributed by atoms with E-state index in [4.69, 9.17) is 0 Å². The number of amides is 3. The van der Waals surface area contributed by atoms with E-state index in [1.54, 1.807) is 6.07 Å². The van der Waals surface area contributed by atoms with Gasteiger partial charge in [-0.15, -0.1) is 0 Å². The molecule has 0 saturated heterocycles. The molecule has 0 aromatic heterocycles. The van der Waals surface area contributed by atoms with Gasteiger partial charge in [-0.3, -0.25) is 24.0 Å². The molecule has 3 N–H and O–H groups in total. The molecule has 232 valence electrons. The fourth-order valence-electron chi connectivity index (χ4n) is 5.37. The Morgan fingerprint density at radius 3 is 2.26 bits per heavy atom. The van der Waals surface area contributed by atoms with E-state index in [2.05, 4.69) is 22.9 Å². The molecule has 0 radical (unpaired) electrons. The first-order valence-electron chi connectivity index (χ1n) is 15.6. The van der Waals surface area contributed by atoms with Crippen LogP contribution < -0.4 is 16.0 Å². The SMILES string of the molecule is CCCCCCC(=O)NC(C(=O)NCC(=O)Nc1ccc2c(c1)C(C)CC(=O)C(C(C)C(C)C(=O)C(C)C)=C2)C(C)C.